The summed E-state index contributed by atoms with van der Waals surface area (Å²) in [4.78, 5) is 13.6. The lowest BCUT2D eigenvalue weighted by atomic mass is 10.1. The summed E-state index contributed by atoms with van der Waals surface area (Å²) in [6.45, 7) is 3.57. The normalized spacial score (nSPS) is 21.1. The number of carbonyl (C=O) groups is 1. The molecule has 1 fully saturated rings. The largest absolute Gasteiger partial charge is 0.368 e. The Kier molecular flexibility index (Phi) is 4.44. The number of hydrogen-bond donors (Lipinski definition) is 1. The van der Waals surface area contributed by atoms with Crippen LogP contribution in [0, 0.1) is 0 Å². The van der Waals surface area contributed by atoms with E-state index in [9.17, 15) is 13.2 Å². The van der Waals surface area contributed by atoms with Gasteiger partial charge in [0.1, 0.15) is 0 Å². The maximum absolute atomic E-state index is 12.8. The smallest absolute Gasteiger partial charge is 0.243 e. The van der Waals surface area contributed by atoms with Crippen molar-refractivity contribution in [3.05, 3.63) is 29.3 Å². The minimum Gasteiger partial charge on any atom is -0.368 e. The second kappa shape index (κ2) is 6.22. The van der Waals surface area contributed by atoms with E-state index in [4.69, 9.17) is 5.73 Å². The van der Waals surface area contributed by atoms with Gasteiger partial charge in [0.25, 0.3) is 0 Å². The first kappa shape index (κ1) is 16.4. The number of carbonyl (C=O) groups excluding carboxylic acids is 1. The molecule has 1 aliphatic carbocycles. The first-order valence-corrected chi connectivity index (χ1v) is 9.49. The molecule has 1 aliphatic heterocycles. The third kappa shape index (κ3) is 3.13. The molecule has 3 rings (SSSR count). The van der Waals surface area contributed by atoms with Crippen molar-refractivity contribution in [1.29, 1.82) is 0 Å². The third-order valence-electron chi connectivity index (χ3n) is 4.94. The molecule has 0 aromatic heterocycles. The highest BCUT2D eigenvalue weighted by Crippen LogP contribution is 2.26. The summed E-state index contributed by atoms with van der Waals surface area (Å²) < 4.78 is 27.1. The summed E-state index contributed by atoms with van der Waals surface area (Å²) in [5.74, 6) is -0.375. The Morgan fingerprint density at radius 1 is 1.13 bits per heavy atom. The lowest BCUT2D eigenvalue weighted by molar-refractivity contribution is -0.123. The van der Waals surface area contributed by atoms with E-state index in [0.717, 1.165) is 24.8 Å². The summed E-state index contributed by atoms with van der Waals surface area (Å²) in [5.41, 5.74) is 7.74. The van der Waals surface area contributed by atoms with E-state index >= 15 is 0 Å². The number of sulfonamides is 1. The fourth-order valence-electron chi connectivity index (χ4n) is 3.37. The molecule has 1 amide bonds. The Labute approximate surface area is 137 Å². The van der Waals surface area contributed by atoms with Crippen LogP contribution >= 0.6 is 0 Å². The van der Waals surface area contributed by atoms with Crippen molar-refractivity contribution in [1.82, 2.24) is 9.21 Å². The van der Waals surface area contributed by atoms with Crippen LogP contribution in [0.1, 0.15) is 24.5 Å². The first-order valence-electron chi connectivity index (χ1n) is 8.05. The molecule has 1 aromatic carbocycles. The van der Waals surface area contributed by atoms with Gasteiger partial charge in [0.15, 0.2) is 0 Å². The molecule has 1 atom stereocenters. The second-order valence-corrected chi connectivity index (χ2v) is 8.24. The minimum absolute atomic E-state index is 0.361. The second-order valence-electron chi connectivity index (χ2n) is 6.30. The standard InChI is InChI=1S/C16H23N3O3S/c1-12(16(17)20)18-7-9-19(10-8-18)23(21,22)15-6-5-13-3-2-4-14(13)11-15/h5-6,11-12H,2-4,7-10H2,1H3,(H2,17,20). The average molecular weight is 337 g/mol. The summed E-state index contributed by atoms with van der Waals surface area (Å²) in [6.07, 6.45) is 3.10. The van der Waals surface area contributed by atoms with E-state index in [-0.39, 0.29) is 11.9 Å². The number of benzene rings is 1. The summed E-state index contributed by atoms with van der Waals surface area (Å²) in [7, 11) is -3.46. The van der Waals surface area contributed by atoms with Crippen LogP contribution in [0.3, 0.4) is 0 Å². The van der Waals surface area contributed by atoms with Crippen molar-refractivity contribution in [2.24, 2.45) is 5.73 Å². The molecule has 1 saturated heterocycles. The van der Waals surface area contributed by atoms with Gasteiger partial charge < -0.3 is 5.73 Å². The molecule has 0 spiro atoms. The molecule has 126 valence electrons. The van der Waals surface area contributed by atoms with Gasteiger partial charge in [-0.05, 0) is 49.4 Å². The van der Waals surface area contributed by atoms with Crippen molar-refractivity contribution in [2.75, 3.05) is 26.2 Å². The molecule has 6 nitrogen and oxygen atoms in total. The SMILES string of the molecule is CC(C(N)=O)N1CCN(S(=O)(=O)c2ccc3c(c2)CCC3)CC1. The van der Waals surface area contributed by atoms with Crippen molar-refractivity contribution in [3.8, 4) is 0 Å². The lowest BCUT2D eigenvalue weighted by Crippen LogP contribution is -2.54. The molecule has 23 heavy (non-hydrogen) atoms. The molecule has 2 N–H and O–H groups in total. The molecule has 2 aliphatic rings. The number of nitrogens with two attached hydrogens (primary N) is 1. The number of aryl methyl sites for hydroxylation is 2. The molecule has 0 radical (unpaired) electrons. The van der Waals surface area contributed by atoms with Crippen LogP contribution in [0.15, 0.2) is 23.1 Å². The fourth-order valence-corrected chi connectivity index (χ4v) is 4.84. The summed E-state index contributed by atoms with van der Waals surface area (Å²) in [5, 5.41) is 0. The van der Waals surface area contributed by atoms with Gasteiger partial charge in [0.2, 0.25) is 15.9 Å². The zero-order valence-corrected chi connectivity index (χ0v) is 14.2. The van der Waals surface area contributed by atoms with Crippen LogP contribution in [-0.2, 0) is 27.7 Å². The van der Waals surface area contributed by atoms with Crippen molar-refractivity contribution in [2.45, 2.75) is 37.1 Å². The Hall–Kier alpha value is -1.44. The Morgan fingerprint density at radius 3 is 2.43 bits per heavy atom. The molecule has 0 bridgehead atoms. The van der Waals surface area contributed by atoms with Gasteiger partial charge >= 0.3 is 0 Å². The Morgan fingerprint density at radius 2 is 1.78 bits per heavy atom. The number of piperazine rings is 1. The maximum Gasteiger partial charge on any atom is 0.243 e. The van der Waals surface area contributed by atoms with Gasteiger partial charge in [-0.15, -0.1) is 0 Å². The summed E-state index contributed by atoms with van der Waals surface area (Å²) in [6, 6.07) is 5.13. The summed E-state index contributed by atoms with van der Waals surface area (Å²) >= 11 is 0. The number of primary amides is 1. The Bertz CT molecular complexity index is 709. The van der Waals surface area contributed by atoms with E-state index in [2.05, 4.69) is 0 Å². The number of fused-ring (bicyclic) bond motifs is 1. The number of nitrogens with zero attached hydrogens (tertiary/aromatic N) is 2. The maximum atomic E-state index is 12.8. The molecule has 7 heteroatoms. The number of rotatable bonds is 4. The Balaban J connectivity index is 1.73. The fraction of sp³-hybridized carbons (Fsp3) is 0.562. The average Bonchev–Trinajstić information content (AvgIpc) is 3.01. The van der Waals surface area contributed by atoms with Crippen LogP contribution in [-0.4, -0.2) is 55.8 Å². The topological polar surface area (TPSA) is 83.7 Å². The molecular weight excluding hydrogens is 314 g/mol. The van der Waals surface area contributed by atoms with E-state index in [1.807, 2.05) is 17.0 Å². The zero-order valence-electron chi connectivity index (χ0n) is 13.4. The van der Waals surface area contributed by atoms with E-state index in [0.29, 0.717) is 31.1 Å². The van der Waals surface area contributed by atoms with Gasteiger partial charge in [0.05, 0.1) is 10.9 Å². The van der Waals surface area contributed by atoms with Crippen molar-refractivity contribution < 1.29 is 13.2 Å². The minimum atomic E-state index is -3.46. The number of amides is 1. The highest BCUT2D eigenvalue weighted by Gasteiger charge is 2.31. The van der Waals surface area contributed by atoms with Gasteiger partial charge in [-0.25, -0.2) is 8.42 Å². The first-order chi connectivity index (χ1) is 10.9. The highest BCUT2D eigenvalue weighted by molar-refractivity contribution is 7.89. The van der Waals surface area contributed by atoms with Crippen molar-refractivity contribution >= 4 is 15.9 Å². The predicted octanol–water partition coefficient (Wildman–Crippen LogP) is 0.355. The zero-order chi connectivity index (χ0) is 16.6. The van der Waals surface area contributed by atoms with Crippen LogP contribution in [0.5, 0.6) is 0 Å². The van der Waals surface area contributed by atoms with E-state index in [1.165, 1.54) is 9.87 Å². The van der Waals surface area contributed by atoms with Crippen LogP contribution in [0.4, 0.5) is 0 Å². The monoisotopic (exact) mass is 337 g/mol. The van der Waals surface area contributed by atoms with E-state index < -0.39 is 10.0 Å². The third-order valence-corrected chi connectivity index (χ3v) is 6.84. The number of hydrogen-bond acceptors (Lipinski definition) is 4. The van der Waals surface area contributed by atoms with Gasteiger partial charge in [-0.2, -0.15) is 4.31 Å². The van der Waals surface area contributed by atoms with Gasteiger partial charge in [0, 0.05) is 26.2 Å². The molecular formula is C16H23N3O3S. The van der Waals surface area contributed by atoms with E-state index in [1.54, 1.807) is 13.0 Å². The van der Waals surface area contributed by atoms with Gasteiger partial charge in [-0.1, -0.05) is 6.07 Å². The molecule has 1 unspecified atom stereocenters. The molecule has 1 heterocycles. The highest BCUT2D eigenvalue weighted by atomic mass is 32.2. The van der Waals surface area contributed by atoms with Gasteiger partial charge in [-0.3, -0.25) is 9.69 Å². The molecule has 0 saturated carbocycles. The van der Waals surface area contributed by atoms with Crippen molar-refractivity contribution in [3.63, 3.8) is 0 Å². The molecule has 1 aromatic rings. The van der Waals surface area contributed by atoms with Crippen LogP contribution in [0.25, 0.3) is 0 Å². The predicted molar refractivity (Wildman–Crippen MR) is 87.5 cm³/mol. The quantitative estimate of drug-likeness (QED) is 0.859. The van der Waals surface area contributed by atoms with Crippen LogP contribution in [0.2, 0.25) is 0 Å². The lowest BCUT2D eigenvalue weighted by Gasteiger charge is -2.36. The van der Waals surface area contributed by atoms with Crippen LogP contribution < -0.4 is 5.73 Å².